The van der Waals surface area contributed by atoms with Crippen molar-refractivity contribution in [3.63, 3.8) is 0 Å². The van der Waals surface area contributed by atoms with Crippen molar-refractivity contribution in [3.8, 4) is 23.3 Å². The van der Waals surface area contributed by atoms with Gasteiger partial charge in [-0.25, -0.2) is 9.78 Å². The van der Waals surface area contributed by atoms with E-state index in [4.69, 9.17) is 20.5 Å². The molecule has 2 heterocycles. The standard InChI is InChI=1S/C16H14N4O5/c17-5-8-2-1-3-9(4-8)14-19-13(18)12(16(22)23)15(20-14)25-11-7-24-6-10(11)21/h1-4,10-11,21H,6-7H2,(H,22,23)(H2,18,19,20). The summed E-state index contributed by atoms with van der Waals surface area (Å²) in [5.74, 6) is -1.77. The van der Waals surface area contributed by atoms with E-state index >= 15 is 0 Å². The number of nitrogens with zero attached hydrogens (tertiary/aromatic N) is 3. The summed E-state index contributed by atoms with van der Waals surface area (Å²) in [7, 11) is 0. The van der Waals surface area contributed by atoms with Gasteiger partial charge < -0.3 is 25.4 Å². The molecule has 1 aliphatic heterocycles. The first kappa shape index (κ1) is 16.6. The van der Waals surface area contributed by atoms with Crippen molar-refractivity contribution in [2.45, 2.75) is 12.2 Å². The average Bonchev–Trinajstić information content (AvgIpc) is 2.99. The first-order valence-corrected chi connectivity index (χ1v) is 7.33. The Hall–Kier alpha value is -3.22. The number of rotatable bonds is 4. The number of aliphatic hydroxyl groups is 1. The molecular weight excluding hydrogens is 328 g/mol. The van der Waals surface area contributed by atoms with Crippen LogP contribution in [0.25, 0.3) is 11.4 Å². The second kappa shape index (κ2) is 6.72. The minimum absolute atomic E-state index is 0.0880. The number of aromatic carboxylic acids is 1. The molecule has 2 aromatic rings. The fraction of sp³-hybridized carbons (Fsp3) is 0.250. The van der Waals surface area contributed by atoms with Gasteiger partial charge in [-0.3, -0.25) is 0 Å². The van der Waals surface area contributed by atoms with Crippen molar-refractivity contribution in [2.75, 3.05) is 18.9 Å². The lowest BCUT2D eigenvalue weighted by atomic mass is 10.1. The molecule has 0 bridgehead atoms. The summed E-state index contributed by atoms with van der Waals surface area (Å²) in [6, 6.07) is 8.47. The molecule has 1 aliphatic rings. The highest BCUT2D eigenvalue weighted by atomic mass is 16.6. The number of ether oxygens (including phenoxy) is 2. The first-order chi connectivity index (χ1) is 12.0. The summed E-state index contributed by atoms with van der Waals surface area (Å²) in [6.07, 6.45) is -1.66. The predicted molar refractivity (Wildman–Crippen MR) is 84.8 cm³/mol. The van der Waals surface area contributed by atoms with Crippen LogP contribution in [0.2, 0.25) is 0 Å². The van der Waals surface area contributed by atoms with Crippen molar-refractivity contribution in [1.29, 1.82) is 5.26 Å². The third kappa shape index (κ3) is 3.35. The fourth-order valence-corrected chi connectivity index (χ4v) is 2.38. The van der Waals surface area contributed by atoms with Gasteiger partial charge in [0, 0.05) is 5.56 Å². The van der Waals surface area contributed by atoms with E-state index in [0.717, 1.165) is 0 Å². The molecule has 0 spiro atoms. The molecule has 2 unspecified atom stereocenters. The van der Waals surface area contributed by atoms with E-state index in [-0.39, 0.29) is 36.3 Å². The quantitative estimate of drug-likeness (QED) is 0.718. The zero-order valence-corrected chi connectivity index (χ0v) is 12.9. The normalized spacial score (nSPS) is 19.4. The molecule has 1 aromatic carbocycles. The molecule has 0 radical (unpaired) electrons. The molecule has 1 saturated heterocycles. The van der Waals surface area contributed by atoms with Crippen LogP contribution in [0.4, 0.5) is 5.82 Å². The number of carboxylic acid groups (broad SMARTS) is 1. The zero-order chi connectivity index (χ0) is 18.0. The molecule has 1 fully saturated rings. The van der Waals surface area contributed by atoms with Crippen LogP contribution in [0.5, 0.6) is 5.88 Å². The van der Waals surface area contributed by atoms with E-state index in [2.05, 4.69) is 9.97 Å². The van der Waals surface area contributed by atoms with Crippen LogP contribution in [0.1, 0.15) is 15.9 Å². The van der Waals surface area contributed by atoms with Gasteiger partial charge in [-0.1, -0.05) is 12.1 Å². The summed E-state index contributed by atoms with van der Waals surface area (Å²) in [5.41, 5.74) is 6.25. The number of nitrogens with two attached hydrogens (primary N) is 1. The predicted octanol–water partition coefficient (Wildman–Crippen LogP) is 0.434. The third-order valence-corrected chi connectivity index (χ3v) is 3.63. The Morgan fingerprint density at radius 3 is 2.84 bits per heavy atom. The zero-order valence-electron chi connectivity index (χ0n) is 12.9. The van der Waals surface area contributed by atoms with Gasteiger partial charge in [-0.15, -0.1) is 0 Å². The van der Waals surface area contributed by atoms with Crippen LogP contribution in [0.15, 0.2) is 24.3 Å². The van der Waals surface area contributed by atoms with Crippen LogP contribution < -0.4 is 10.5 Å². The number of benzene rings is 1. The van der Waals surface area contributed by atoms with Gasteiger partial charge in [-0.2, -0.15) is 10.2 Å². The van der Waals surface area contributed by atoms with Crippen LogP contribution in [0, 0.1) is 11.3 Å². The minimum Gasteiger partial charge on any atom is -0.477 e. The lowest BCUT2D eigenvalue weighted by molar-refractivity contribution is 0.0619. The van der Waals surface area contributed by atoms with E-state index in [1.807, 2.05) is 6.07 Å². The maximum Gasteiger partial charge on any atom is 0.345 e. The summed E-state index contributed by atoms with van der Waals surface area (Å²) in [6.45, 7) is 0.189. The Morgan fingerprint density at radius 1 is 1.40 bits per heavy atom. The van der Waals surface area contributed by atoms with E-state index in [0.29, 0.717) is 11.1 Å². The molecule has 9 heteroatoms. The lowest BCUT2D eigenvalue weighted by Crippen LogP contribution is -2.31. The van der Waals surface area contributed by atoms with Crippen molar-refractivity contribution in [1.82, 2.24) is 9.97 Å². The number of hydrogen-bond donors (Lipinski definition) is 3. The van der Waals surface area contributed by atoms with Gasteiger partial charge in [0.15, 0.2) is 17.5 Å². The lowest BCUT2D eigenvalue weighted by Gasteiger charge is -2.17. The molecule has 4 N–H and O–H groups in total. The van der Waals surface area contributed by atoms with Gasteiger partial charge in [0.25, 0.3) is 0 Å². The van der Waals surface area contributed by atoms with Gasteiger partial charge in [-0.05, 0) is 12.1 Å². The van der Waals surface area contributed by atoms with Crippen molar-refractivity contribution in [3.05, 3.63) is 35.4 Å². The summed E-state index contributed by atoms with van der Waals surface area (Å²) >= 11 is 0. The van der Waals surface area contributed by atoms with Gasteiger partial charge >= 0.3 is 5.97 Å². The Labute approximate surface area is 142 Å². The molecule has 3 rings (SSSR count). The number of hydrogen-bond acceptors (Lipinski definition) is 8. The second-order valence-corrected chi connectivity index (χ2v) is 5.37. The molecular formula is C16H14N4O5. The van der Waals surface area contributed by atoms with E-state index in [9.17, 15) is 15.0 Å². The van der Waals surface area contributed by atoms with E-state index in [1.54, 1.807) is 24.3 Å². The Balaban J connectivity index is 2.06. The Kier molecular flexibility index (Phi) is 4.47. The Morgan fingerprint density at radius 2 is 2.20 bits per heavy atom. The maximum atomic E-state index is 11.5. The van der Waals surface area contributed by atoms with Gasteiger partial charge in [0.2, 0.25) is 5.88 Å². The number of anilines is 1. The number of aliphatic hydroxyl groups excluding tert-OH is 1. The minimum atomic E-state index is -1.35. The molecule has 0 amide bonds. The van der Waals surface area contributed by atoms with Crippen molar-refractivity contribution < 1.29 is 24.5 Å². The third-order valence-electron chi connectivity index (χ3n) is 3.63. The highest BCUT2D eigenvalue weighted by molar-refractivity contribution is 5.95. The molecule has 128 valence electrons. The number of nitrogen functional groups attached to an aromatic ring is 1. The van der Waals surface area contributed by atoms with Crippen molar-refractivity contribution >= 4 is 11.8 Å². The van der Waals surface area contributed by atoms with Crippen molar-refractivity contribution in [2.24, 2.45) is 0 Å². The second-order valence-electron chi connectivity index (χ2n) is 5.37. The largest absolute Gasteiger partial charge is 0.477 e. The number of aromatic nitrogens is 2. The molecule has 0 saturated carbocycles. The average molecular weight is 342 g/mol. The molecule has 25 heavy (non-hydrogen) atoms. The van der Waals surface area contributed by atoms with E-state index in [1.165, 1.54) is 0 Å². The first-order valence-electron chi connectivity index (χ1n) is 7.33. The molecule has 0 aliphatic carbocycles. The molecule has 1 aromatic heterocycles. The highest BCUT2D eigenvalue weighted by Gasteiger charge is 2.31. The van der Waals surface area contributed by atoms with Crippen LogP contribution in [-0.4, -0.2) is 51.6 Å². The molecule has 9 nitrogen and oxygen atoms in total. The highest BCUT2D eigenvalue weighted by Crippen LogP contribution is 2.28. The Bertz CT molecular complexity index is 864. The summed E-state index contributed by atoms with van der Waals surface area (Å²) in [5, 5.41) is 28.1. The van der Waals surface area contributed by atoms with Crippen LogP contribution in [0.3, 0.4) is 0 Å². The molecule has 2 atom stereocenters. The smallest absolute Gasteiger partial charge is 0.345 e. The SMILES string of the molecule is N#Cc1cccc(-c2nc(N)c(C(=O)O)c(OC3COCC3O)n2)c1. The topological polar surface area (TPSA) is 152 Å². The van der Waals surface area contributed by atoms with Crippen LogP contribution >= 0.6 is 0 Å². The number of nitriles is 1. The maximum absolute atomic E-state index is 11.5. The summed E-state index contributed by atoms with van der Waals surface area (Å²) < 4.78 is 10.6. The van der Waals surface area contributed by atoms with E-state index < -0.39 is 18.2 Å². The monoisotopic (exact) mass is 342 g/mol. The van der Waals surface area contributed by atoms with Gasteiger partial charge in [0.05, 0.1) is 24.8 Å². The number of carbonyl (C=O) groups is 1. The van der Waals surface area contributed by atoms with Gasteiger partial charge in [0.1, 0.15) is 11.9 Å². The number of carboxylic acids is 1. The van der Waals surface area contributed by atoms with Crippen LogP contribution in [-0.2, 0) is 4.74 Å². The fourth-order valence-electron chi connectivity index (χ4n) is 2.38. The summed E-state index contributed by atoms with van der Waals surface area (Å²) in [4.78, 5) is 19.6.